The molecule has 0 bridgehead atoms. The quantitative estimate of drug-likeness (QED) is 0.405. The van der Waals surface area contributed by atoms with E-state index in [0.29, 0.717) is 36.0 Å². The van der Waals surface area contributed by atoms with E-state index in [1.165, 1.54) is 15.3 Å². The van der Waals surface area contributed by atoms with Crippen molar-refractivity contribution in [3.8, 4) is 11.4 Å². The third-order valence-corrected chi connectivity index (χ3v) is 7.01. The molecule has 180 valence electrons. The van der Waals surface area contributed by atoms with E-state index in [1.807, 2.05) is 12.1 Å². The van der Waals surface area contributed by atoms with Crippen molar-refractivity contribution in [3.05, 3.63) is 75.4 Å². The molecule has 1 aliphatic rings. The van der Waals surface area contributed by atoms with Gasteiger partial charge >= 0.3 is 5.69 Å². The first-order valence-corrected chi connectivity index (χ1v) is 12.0. The van der Waals surface area contributed by atoms with E-state index in [9.17, 15) is 14.0 Å². The molecule has 0 unspecified atom stereocenters. The molecule has 0 aliphatic heterocycles. The number of ether oxygens (including phenoxy) is 1. The van der Waals surface area contributed by atoms with Crippen LogP contribution in [0, 0.1) is 5.82 Å². The molecular weight excluding hydrogens is 457 g/mol. The Bertz CT molecular complexity index is 1200. The van der Waals surface area contributed by atoms with Gasteiger partial charge in [-0.3, -0.25) is 9.36 Å². The number of carbonyl (C=O) groups excluding carboxylic acids is 1. The molecule has 4 rings (SSSR count). The monoisotopic (exact) mass is 485 g/mol. The maximum absolute atomic E-state index is 14.6. The second-order valence-electron chi connectivity index (χ2n) is 8.92. The van der Waals surface area contributed by atoms with Crippen LogP contribution in [0.25, 0.3) is 11.4 Å². The summed E-state index contributed by atoms with van der Waals surface area (Å²) in [5, 5.41) is 5.04. The number of hydrogen-bond acceptors (Lipinski definition) is 4. The molecule has 1 aromatic heterocycles. The van der Waals surface area contributed by atoms with Crippen LogP contribution < -0.4 is 5.69 Å². The van der Waals surface area contributed by atoms with Crippen LogP contribution in [0.3, 0.4) is 0 Å². The van der Waals surface area contributed by atoms with Crippen molar-refractivity contribution in [1.29, 1.82) is 0 Å². The van der Waals surface area contributed by atoms with E-state index < -0.39 is 0 Å². The number of Topliss-reactive ketones (excluding diaryl/α,β-unsaturated/α-hetero) is 1. The van der Waals surface area contributed by atoms with Gasteiger partial charge < -0.3 is 4.74 Å². The summed E-state index contributed by atoms with van der Waals surface area (Å²) in [7, 11) is 1.56. The molecule has 2 aromatic carbocycles. The molecule has 1 aliphatic carbocycles. The summed E-state index contributed by atoms with van der Waals surface area (Å²) in [6.45, 7) is 0.538. The van der Waals surface area contributed by atoms with Gasteiger partial charge in [-0.2, -0.15) is 0 Å². The van der Waals surface area contributed by atoms with E-state index in [1.54, 1.807) is 37.4 Å². The second-order valence-corrected chi connectivity index (χ2v) is 9.36. The molecule has 8 heteroatoms. The molecule has 0 amide bonds. The van der Waals surface area contributed by atoms with Gasteiger partial charge in [0.25, 0.3) is 0 Å². The number of nitrogens with zero attached hydrogens (tertiary/aromatic N) is 3. The minimum Gasteiger partial charge on any atom is -0.383 e. The first-order valence-electron chi connectivity index (χ1n) is 11.6. The van der Waals surface area contributed by atoms with Crippen LogP contribution in [-0.4, -0.2) is 33.8 Å². The Hall–Kier alpha value is -2.77. The van der Waals surface area contributed by atoms with E-state index in [4.69, 9.17) is 16.3 Å². The minimum atomic E-state index is -0.361. The van der Waals surface area contributed by atoms with E-state index in [-0.39, 0.29) is 35.7 Å². The molecule has 1 heterocycles. The largest absolute Gasteiger partial charge is 0.383 e. The first-order chi connectivity index (χ1) is 16.4. The molecule has 0 spiro atoms. The molecule has 1 saturated carbocycles. The first kappa shape index (κ1) is 24.4. The summed E-state index contributed by atoms with van der Waals surface area (Å²) in [6, 6.07) is 13.9. The summed E-state index contributed by atoms with van der Waals surface area (Å²) in [4.78, 5) is 26.0. The lowest BCUT2D eigenvalue weighted by Crippen LogP contribution is -2.30. The fourth-order valence-electron chi connectivity index (χ4n) is 4.96. The third-order valence-electron chi connectivity index (χ3n) is 6.76. The van der Waals surface area contributed by atoms with Crippen LogP contribution in [-0.2, 0) is 28.0 Å². The lowest BCUT2D eigenvalue weighted by atomic mass is 9.74. The predicted octanol–water partition coefficient (Wildman–Crippen LogP) is 5.01. The smallest absolute Gasteiger partial charge is 0.346 e. The normalized spacial score (nSPS) is 15.0. The summed E-state index contributed by atoms with van der Waals surface area (Å²) in [5.74, 6) is 0.159. The molecule has 0 N–H and O–H groups in total. The van der Waals surface area contributed by atoms with E-state index in [0.717, 1.165) is 31.2 Å². The van der Waals surface area contributed by atoms with Gasteiger partial charge in [0, 0.05) is 24.1 Å². The summed E-state index contributed by atoms with van der Waals surface area (Å²) in [5.41, 5.74) is 0.748. The average molecular weight is 486 g/mol. The maximum atomic E-state index is 14.6. The summed E-state index contributed by atoms with van der Waals surface area (Å²) < 4.78 is 22.5. The number of halogens is 2. The Kier molecular flexibility index (Phi) is 7.63. The molecule has 6 nitrogen and oxygen atoms in total. The zero-order valence-corrected chi connectivity index (χ0v) is 20.1. The molecule has 0 radical (unpaired) electrons. The van der Waals surface area contributed by atoms with E-state index >= 15 is 0 Å². The van der Waals surface area contributed by atoms with Crippen LogP contribution in [0.4, 0.5) is 4.39 Å². The van der Waals surface area contributed by atoms with Crippen LogP contribution >= 0.6 is 11.6 Å². The summed E-state index contributed by atoms with van der Waals surface area (Å²) >= 11 is 6.00. The Balaban J connectivity index is 1.53. The van der Waals surface area contributed by atoms with Crippen LogP contribution in [0.5, 0.6) is 0 Å². The van der Waals surface area contributed by atoms with Gasteiger partial charge in [0.15, 0.2) is 11.6 Å². The third kappa shape index (κ3) is 5.15. The van der Waals surface area contributed by atoms with Crippen LogP contribution in [0.15, 0.2) is 53.3 Å². The molecule has 1 fully saturated rings. The van der Waals surface area contributed by atoms with Crippen molar-refractivity contribution < 1.29 is 13.9 Å². The van der Waals surface area contributed by atoms with E-state index in [2.05, 4.69) is 5.10 Å². The number of benzene rings is 2. The highest BCUT2D eigenvalue weighted by molar-refractivity contribution is 6.30. The minimum absolute atomic E-state index is 0.0937. The number of ketones is 1. The Labute approximate surface area is 203 Å². The van der Waals surface area contributed by atoms with Crippen molar-refractivity contribution >= 4 is 17.4 Å². The van der Waals surface area contributed by atoms with Crippen molar-refractivity contribution in [2.45, 2.75) is 57.0 Å². The summed E-state index contributed by atoms with van der Waals surface area (Å²) in [6.07, 6.45) is 4.62. The lowest BCUT2D eigenvalue weighted by molar-refractivity contribution is -0.120. The Morgan fingerprint density at radius 3 is 2.53 bits per heavy atom. The van der Waals surface area contributed by atoms with Crippen molar-refractivity contribution in [2.24, 2.45) is 0 Å². The average Bonchev–Trinajstić information content (AvgIpc) is 3.43. The Morgan fingerprint density at radius 2 is 1.85 bits per heavy atom. The van der Waals surface area contributed by atoms with Crippen molar-refractivity contribution in [3.63, 3.8) is 0 Å². The Morgan fingerprint density at radius 1 is 1.15 bits per heavy atom. The number of carbonyl (C=O) groups is 1. The number of aromatic nitrogens is 3. The molecule has 0 saturated heterocycles. The highest BCUT2D eigenvalue weighted by Crippen LogP contribution is 2.45. The zero-order chi connectivity index (χ0) is 24.1. The number of rotatable bonds is 10. The maximum Gasteiger partial charge on any atom is 0.346 e. The van der Waals surface area contributed by atoms with Crippen molar-refractivity contribution in [1.82, 2.24) is 14.3 Å². The van der Waals surface area contributed by atoms with Gasteiger partial charge in [0.05, 0.1) is 13.2 Å². The number of methoxy groups -OCH3 is 1. The fourth-order valence-corrected chi connectivity index (χ4v) is 5.09. The van der Waals surface area contributed by atoms with Gasteiger partial charge in [-0.05, 0) is 60.6 Å². The topological polar surface area (TPSA) is 66.1 Å². The fraction of sp³-hybridized carbons (Fsp3) is 0.423. The molecule has 0 atom stereocenters. The van der Waals surface area contributed by atoms with Gasteiger partial charge in [-0.15, -0.1) is 5.10 Å². The van der Waals surface area contributed by atoms with Gasteiger partial charge in [0.1, 0.15) is 12.4 Å². The van der Waals surface area contributed by atoms with Crippen LogP contribution in [0.1, 0.15) is 44.1 Å². The SMILES string of the molecule is COCCn1c(-c2ccc(Cl)cc2)nn(CC(=O)CCC2(c3ccccc3F)CCCC2)c1=O. The van der Waals surface area contributed by atoms with Crippen LogP contribution in [0.2, 0.25) is 5.02 Å². The lowest BCUT2D eigenvalue weighted by Gasteiger charge is -2.30. The standard InChI is InChI=1S/C26H29ClFN3O3/c1-34-17-16-30-24(19-8-10-20(27)11-9-19)29-31(25(30)33)18-21(32)12-15-26(13-4-5-14-26)22-6-2-3-7-23(22)28/h2-3,6-11H,4-5,12-18H2,1H3. The number of hydrogen-bond donors (Lipinski definition) is 0. The van der Waals surface area contributed by atoms with Gasteiger partial charge in [-0.25, -0.2) is 13.9 Å². The predicted molar refractivity (Wildman–Crippen MR) is 130 cm³/mol. The molecule has 34 heavy (non-hydrogen) atoms. The molecule has 3 aromatic rings. The van der Waals surface area contributed by atoms with Gasteiger partial charge in [0.2, 0.25) is 0 Å². The van der Waals surface area contributed by atoms with Crippen molar-refractivity contribution in [2.75, 3.05) is 13.7 Å². The highest BCUT2D eigenvalue weighted by Gasteiger charge is 2.37. The highest BCUT2D eigenvalue weighted by atomic mass is 35.5. The zero-order valence-electron chi connectivity index (χ0n) is 19.3. The van der Waals surface area contributed by atoms with Gasteiger partial charge in [-0.1, -0.05) is 42.6 Å². The molecular formula is C26H29ClFN3O3. The second kappa shape index (κ2) is 10.7.